The topological polar surface area (TPSA) is 42.2 Å². The van der Waals surface area contributed by atoms with Crippen LogP contribution in [0.25, 0.3) is 5.65 Å². The number of rotatable bonds is 2. The Kier molecular flexibility index (Phi) is 1.50. The fourth-order valence-corrected chi connectivity index (χ4v) is 1.68. The minimum Gasteiger partial charge on any atom is -0.373 e. The molecule has 0 amide bonds. The highest BCUT2D eigenvalue weighted by atomic mass is 15.3. The van der Waals surface area contributed by atoms with E-state index >= 15 is 0 Å². The molecule has 0 spiro atoms. The predicted octanol–water partition coefficient (Wildman–Crippen LogP) is 1.65. The van der Waals surface area contributed by atoms with Crippen molar-refractivity contribution in [1.82, 2.24) is 14.6 Å². The lowest BCUT2D eigenvalue weighted by molar-refractivity contribution is 0.885. The van der Waals surface area contributed by atoms with Gasteiger partial charge in [0.15, 0.2) is 5.65 Å². The Morgan fingerprint density at radius 3 is 3.07 bits per heavy atom. The van der Waals surface area contributed by atoms with Gasteiger partial charge in [-0.1, -0.05) is 0 Å². The van der Waals surface area contributed by atoms with E-state index in [-0.39, 0.29) is 0 Å². The van der Waals surface area contributed by atoms with E-state index in [1.807, 2.05) is 17.6 Å². The van der Waals surface area contributed by atoms with Crippen LogP contribution in [-0.2, 0) is 0 Å². The molecule has 4 heteroatoms. The van der Waals surface area contributed by atoms with Crippen LogP contribution in [-0.4, -0.2) is 21.6 Å². The van der Waals surface area contributed by atoms with Gasteiger partial charge in [0.05, 0.1) is 5.69 Å². The smallest absolute Gasteiger partial charge is 0.157 e. The van der Waals surface area contributed by atoms with E-state index in [2.05, 4.69) is 21.5 Å². The molecule has 3 rings (SSSR count). The fraction of sp³-hybridized carbons (Fsp3) is 0.400. The molecule has 0 atom stereocenters. The zero-order valence-electron chi connectivity index (χ0n) is 8.07. The third-order valence-electron chi connectivity index (χ3n) is 2.63. The van der Waals surface area contributed by atoms with Crippen molar-refractivity contribution in [3.8, 4) is 0 Å². The van der Waals surface area contributed by atoms with Crippen molar-refractivity contribution in [2.24, 2.45) is 0 Å². The Balaban J connectivity index is 2.20. The van der Waals surface area contributed by atoms with Crippen LogP contribution in [0.5, 0.6) is 0 Å². The van der Waals surface area contributed by atoms with E-state index in [0.717, 1.165) is 11.5 Å². The van der Waals surface area contributed by atoms with Crippen LogP contribution in [0.2, 0.25) is 0 Å². The van der Waals surface area contributed by atoms with Crippen molar-refractivity contribution in [2.45, 2.75) is 18.8 Å². The second-order valence-electron chi connectivity index (χ2n) is 3.69. The first kappa shape index (κ1) is 7.79. The first-order valence-electron chi connectivity index (χ1n) is 4.91. The number of nitrogens with zero attached hydrogens (tertiary/aromatic N) is 3. The summed E-state index contributed by atoms with van der Waals surface area (Å²) in [5.41, 5.74) is 2.11. The second kappa shape index (κ2) is 2.70. The van der Waals surface area contributed by atoms with Gasteiger partial charge in [-0.05, 0) is 18.9 Å². The van der Waals surface area contributed by atoms with Gasteiger partial charge in [0, 0.05) is 25.2 Å². The van der Waals surface area contributed by atoms with E-state index in [4.69, 9.17) is 0 Å². The van der Waals surface area contributed by atoms with Crippen molar-refractivity contribution < 1.29 is 0 Å². The summed E-state index contributed by atoms with van der Waals surface area (Å²) in [6, 6.07) is 4.01. The van der Waals surface area contributed by atoms with Gasteiger partial charge in [-0.2, -0.15) is 9.61 Å². The van der Waals surface area contributed by atoms with E-state index < -0.39 is 0 Å². The highest BCUT2D eigenvalue weighted by Gasteiger charge is 2.26. The quantitative estimate of drug-likeness (QED) is 0.779. The molecule has 0 saturated heterocycles. The number of hydrogen-bond acceptors (Lipinski definition) is 3. The molecule has 2 heterocycles. The Labute approximate surface area is 82.0 Å². The molecule has 1 aliphatic carbocycles. The van der Waals surface area contributed by atoms with Crippen molar-refractivity contribution in [3.63, 3.8) is 0 Å². The summed E-state index contributed by atoms with van der Waals surface area (Å²) in [6.07, 6.45) is 4.36. The maximum atomic E-state index is 4.54. The normalized spacial score (nSPS) is 16.1. The van der Waals surface area contributed by atoms with Gasteiger partial charge in [0.25, 0.3) is 0 Å². The zero-order valence-corrected chi connectivity index (χ0v) is 8.07. The summed E-state index contributed by atoms with van der Waals surface area (Å²) in [7, 11) is 1.90. The molecule has 0 aliphatic heterocycles. The van der Waals surface area contributed by atoms with Gasteiger partial charge in [0.1, 0.15) is 5.82 Å². The van der Waals surface area contributed by atoms with Crippen LogP contribution in [0.3, 0.4) is 0 Å². The molecule has 4 nitrogen and oxygen atoms in total. The molecule has 2 aromatic heterocycles. The molecule has 1 N–H and O–H groups in total. The Morgan fingerprint density at radius 1 is 1.50 bits per heavy atom. The standard InChI is InChI=1S/C10H12N4/c1-11-9-4-5-12-10-6-8(7-2-3-7)13-14(9)10/h4-7,11H,2-3H2,1H3. The molecule has 72 valence electrons. The molecule has 1 aliphatic rings. The molecule has 0 radical (unpaired) electrons. The SMILES string of the molecule is CNc1ccnc2cc(C3CC3)nn12. The van der Waals surface area contributed by atoms with E-state index in [1.54, 1.807) is 6.20 Å². The van der Waals surface area contributed by atoms with Gasteiger partial charge in [-0.3, -0.25) is 0 Å². The molecule has 0 bridgehead atoms. The van der Waals surface area contributed by atoms with Gasteiger partial charge in [0.2, 0.25) is 0 Å². The molecule has 0 unspecified atom stereocenters. The number of nitrogens with one attached hydrogen (secondary N) is 1. The minimum absolute atomic E-state index is 0.682. The van der Waals surface area contributed by atoms with Gasteiger partial charge < -0.3 is 5.32 Å². The minimum atomic E-state index is 0.682. The largest absolute Gasteiger partial charge is 0.373 e. The Morgan fingerprint density at radius 2 is 2.36 bits per heavy atom. The lowest BCUT2D eigenvalue weighted by Gasteiger charge is -2.00. The lowest BCUT2D eigenvalue weighted by Crippen LogP contribution is -1.99. The average Bonchev–Trinajstić information content (AvgIpc) is 2.97. The number of aromatic nitrogens is 3. The molecule has 1 saturated carbocycles. The van der Waals surface area contributed by atoms with E-state index in [0.29, 0.717) is 5.92 Å². The third-order valence-corrected chi connectivity index (χ3v) is 2.63. The molecular weight excluding hydrogens is 176 g/mol. The summed E-state index contributed by atoms with van der Waals surface area (Å²) < 4.78 is 1.87. The van der Waals surface area contributed by atoms with Crippen LogP contribution in [0.15, 0.2) is 18.3 Å². The first-order chi connectivity index (χ1) is 6.88. The van der Waals surface area contributed by atoms with E-state index in [9.17, 15) is 0 Å². The van der Waals surface area contributed by atoms with Crippen LogP contribution >= 0.6 is 0 Å². The van der Waals surface area contributed by atoms with Crippen LogP contribution in [0.4, 0.5) is 5.82 Å². The summed E-state index contributed by atoms with van der Waals surface area (Å²) in [5, 5.41) is 7.64. The third kappa shape index (κ3) is 1.07. The average molecular weight is 188 g/mol. The van der Waals surface area contributed by atoms with Crippen LogP contribution in [0.1, 0.15) is 24.5 Å². The fourth-order valence-electron chi connectivity index (χ4n) is 1.68. The zero-order chi connectivity index (χ0) is 9.54. The molecule has 14 heavy (non-hydrogen) atoms. The maximum absolute atomic E-state index is 4.54. The Bertz CT molecular complexity index is 470. The lowest BCUT2D eigenvalue weighted by atomic mass is 10.3. The number of anilines is 1. The van der Waals surface area contributed by atoms with Gasteiger partial charge >= 0.3 is 0 Å². The first-order valence-corrected chi connectivity index (χ1v) is 4.91. The van der Waals surface area contributed by atoms with Crippen molar-refractivity contribution in [2.75, 3.05) is 12.4 Å². The summed E-state index contributed by atoms with van der Waals surface area (Å²) >= 11 is 0. The van der Waals surface area contributed by atoms with Crippen molar-refractivity contribution in [3.05, 3.63) is 24.0 Å². The van der Waals surface area contributed by atoms with E-state index in [1.165, 1.54) is 18.5 Å². The maximum Gasteiger partial charge on any atom is 0.157 e. The Hall–Kier alpha value is -1.58. The summed E-state index contributed by atoms with van der Waals surface area (Å²) in [5.74, 6) is 1.67. The van der Waals surface area contributed by atoms with Crippen LogP contribution < -0.4 is 5.32 Å². The number of hydrogen-bond donors (Lipinski definition) is 1. The summed E-state index contributed by atoms with van der Waals surface area (Å²) in [4.78, 5) is 4.28. The molecular formula is C10H12N4. The van der Waals surface area contributed by atoms with Crippen LogP contribution in [0, 0.1) is 0 Å². The van der Waals surface area contributed by atoms with Gasteiger partial charge in [-0.15, -0.1) is 0 Å². The van der Waals surface area contributed by atoms with Gasteiger partial charge in [-0.25, -0.2) is 4.98 Å². The monoisotopic (exact) mass is 188 g/mol. The number of fused-ring (bicyclic) bond motifs is 1. The predicted molar refractivity (Wildman–Crippen MR) is 54.5 cm³/mol. The molecule has 1 fully saturated rings. The van der Waals surface area contributed by atoms with Crippen molar-refractivity contribution in [1.29, 1.82) is 0 Å². The van der Waals surface area contributed by atoms with Crippen molar-refractivity contribution >= 4 is 11.5 Å². The molecule has 2 aromatic rings. The molecule has 0 aromatic carbocycles. The second-order valence-corrected chi connectivity index (χ2v) is 3.69. The highest BCUT2D eigenvalue weighted by molar-refractivity contribution is 5.49. The summed E-state index contributed by atoms with van der Waals surface area (Å²) in [6.45, 7) is 0. The highest BCUT2D eigenvalue weighted by Crippen LogP contribution is 2.39.